The summed E-state index contributed by atoms with van der Waals surface area (Å²) in [5.41, 5.74) is -2.88. The van der Waals surface area contributed by atoms with Crippen molar-refractivity contribution in [2.45, 2.75) is 62.3 Å². The highest BCUT2D eigenvalue weighted by molar-refractivity contribution is 5.79. The van der Waals surface area contributed by atoms with Gasteiger partial charge in [-0.3, -0.25) is 4.79 Å². The molecule has 0 saturated carbocycles. The summed E-state index contributed by atoms with van der Waals surface area (Å²) >= 11 is 0. The fraction of sp³-hybridized carbons (Fsp3) is 0.440. The Hall–Kier alpha value is -3.35. The van der Waals surface area contributed by atoms with Gasteiger partial charge in [0.05, 0.1) is 35.4 Å². The molecule has 2 saturated heterocycles. The molecule has 2 amide bonds. The largest absolute Gasteiger partial charge is 0.465 e. The van der Waals surface area contributed by atoms with Crippen molar-refractivity contribution in [3.05, 3.63) is 70.5 Å². The molecule has 38 heavy (non-hydrogen) atoms. The molecule has 0 radical (unpaired) electrons. The molecule has 0 aliphatic carbocycles. The predicted octanol–water partition coefficient (Wildman–Crippen LogP) is 5.73. The van der Waals surface area contributed by atoms with E-state index in [2.05, 4.69) is 5.32 Å². The molecular formula is C25H23F7N2O4. The Bertz CT molecular complexity index is 1170. The van der Waals surface area contributed by atoms with Gasteiger partial charge in [-0.25, -0.2) is 9.18 Å². The third-order valence-electron chi connectivity index (χ3n) is 6.93. The lowest BCUT2D eigenvalue weighted by molar-refractivity contribution is -0.143. The number of hydrogen-bond acceptors (Lipinski definition) is 3. The van der Waals surface area contributed by atoms with Crippen LogP contribution in [0.1, 0.15) is 54.0 Å². The Morgan fingerprint density at radius 3 is 2.16 bits per heavy atom. The van der Waals surface area contributed by atoms with Gasteiger partial charge >= 0.3 is 18.4 Å². The molecule has 6 nitrogen and oxygen atoms in total. The van der Waals surface area contributed by atoms with Crippen LogP contribution in [-0.2, 0) is 21.9 Å². The predicted molar refractivity (Wildman–Crippen MR) is 119 cm³/mol. The summed E-state index contributed by atoms with van der Waals surface area (Å²) in [6, 6.07) is 4.85. The number of nitrogens with zero attached hydrogens (tertiary/aromatic N) is 1. The Labute approximate surface area is 212 Å². The molecule has 2 aromatic carbocycles. The maximum Gasteiger partial charge on any atom is 0.416 e. The third kappa shape index (κ3) is 5.71. The van der Waals surface area contributed by atoms with E-state index < -0.39 is 65.6 Å². The summed E-state index contributed by atoms with van der Waals surface area (Å²) < 4.78 is 99.9. The minimum Gasteiger partial charge on any atom is -0.465 e. The number of benzene rings is 2. The average molecular weight is 548 g/mol. The van der Waals surface area contributed by atoms with Crippen molar-refractivity contribution in [3.63, 3.8) is 0 Å². The van der Waals surface area contributed by atoms with Crippen molar-refractivity contribution >= 4 is 12.0 Å². The van der Waals surface area contributed by atoms with E-state index in [-0.39, 0.29) is 36.9 Å². The van der Waals surface area contributed by atoms with Crippen LogP contribution in [0, 0.1) is 5.82 Å². The number of carbonyl (C=O) groups excluding carboxylic acids is 1. The Morgan fingerprint density at radius 1 is 1.05 bits per heavy atom. The Kier molecular flexibility index (Phi) is 7.34. The quantitative estimate of drug-likeness (QED) is 0.468. The molecular weight excluding hydrogens is 525 g/mol. The van der Waals surface area contributed by atoms with Gasteiger partial charge in [-0.2, -0.15) is 26.3 Å². The summed E-state index contributed by atoms with van der Waals surface area (Å²) in [6.07, 6.45) is -13.4. The number of hydrogen-bond donors (Lipinski definition) is 2. The normalized spacial score (nSPS) is 24.7. The first-order valence-corrected chi connectivity index (χ1v) is 11.6. The zero-order valence-corrected chi connectivity index (χ0v) is 19.8. The van der Waals surface area contributed by atoms with Crippen molar-refractivity contribution in [1.82, 2.24) is 10.2 Å². The van der Waals surface area contributed by atoms with Crippen molar-refractivity contribution < 1.29 is 50.2 Å². The van der Waals surface area contributed by atoms with Crippen molar-refractivity contribution in [2.24, 2.45) is 0 Å². The van der Waals surface area contributed by atoms with Crippen LogP contribution in [0.2, 0.25) is 0 Å². The fourth-order valence-corrected chi connectivity index (χ4v) is 5.27. The van der Waals surface area contributed by atoms with E-state index in [0.717, 1.165) is 12.1 Å². The number of carbonyl (C=O) groups is 2. The molecule has 4 rings (SSSR count). The van der Waals surface area contributed by atoms with Crippen LogP contribution in [0.5, 0.6) is 0 Å². The number of amides is 2. The molecule has 2 N–H and O–H groups in total. The summed E-state index contributed by atoms with van der Waals surface area (Å²) in [7, 11) is 0. The molecule has 2 aliphatic rings. The van der Waals surface area contributed by atoms with E-state index in [0.29, 0.717) is 17.7 Å². The third-order valence-corrected chi connectivity index (χ3v) is 6.93. The lowest BCUT2D eigenvalue weighted by Gasteiger charge is -2.39. The minimum absolute atomic E-state index is 0.0220. The van der Waals surface area contributed by atoms with Crippen molar-refractivity contribution in [3.8, 4) is 0 Å². The monoisotopic (exact) mass is 548 g/mol. The van der Waals surface area contributed by atoms with E-state index in [1.54, 1.807) is 0 Å². The number of piperidine rings is 1. The van der Waals surface area contributed by atoms with Gasteiger partial charge in [0.15, 0.2) is 0 Å². The maximum absolute atomic E-state index is 13.6. The van der Waals surface area contributed by atoms with Gasteiger partial charge in [-0.15, -0.1) is 0 Å². The second kappa shape index (κ2) is 10.1. The van der Waals surface area contributed by atoms with E-state index in [1.807, 2.05) is 0 Å². The van der Waals surface area contributed by atoms with Crippen molar-refractivity contribution in [2.75, 3.05) is 6.54 Å². The first kappa shape index (κ1) is 27.7. The van der Waals surface area contributed by atoms with E-state index in [4.69, 9.17) is 4.74 Å². The van der Waals surface area contributed by atoms with Gasteiger partial charge in [-0.1, -0.05) is 12.1 Å². The molecule has 2 aliphatic heterocycles. The minimum atomic E-state index is -5.04. The average Bonchev–Trinajstić information content (AvgIpc) is 3.20. The highest BCUT2D eigenvalue weighted by Gasteiger charge is 2.51. The number of fused-ring (bicyclic) bond motifs is 1. The topological polar surface area (TPSA) is 78.9 Å². The summed E-state index contributed by atoms with van der Waals surface area (Å²) in [4.78, 5) is 25.6. The van der Waals surface area contributed by atoms with Crippen LogP contribution in [0.15, 0.2) is 42.5 Å². The van der Waals surface area contributed by atoms with Crippen LogP contribution in [0.3, 0.4) is 0 Å². The Balaban J connectivity index is 1.72. The van der Waals surface area contributed by atoms with E-state index in [9.17, 15) is 45.4 Å². The van der Waals surface area contributed by atoms with Gasteiger partial charge < -0.3 is 20.1 Å². The van der Waals surface area contributed by atoms with Crippen LogP contribution in [-0.4, -0.2) is 46.7 Å². The molecule has 5 atom stereocenters. The van der Waals surface area contributed by atoms with Gasteiger partial charge in [0.2, 0.25) is 5.91 Å². The van der Waals surface area contributed by atoms with E-state index in [1.165, 1.54) is 24.0 Å². The number of alkyl halides is 6. The Morgan fingerprint density at radius 2 is 1.63 bits per heavy atom. The number of nitrogens with one attached hydrogen (secondary N) is 1. The molecule has 206 valence electrons. The maximum atomic E-state index is 13.6. The molecule has 13 heteroatoms. The molecule has 0 spiro atoms. The summed E-state index contributed by atoms with van der Waals surface area (Å²) in [6.45, 7) is 1.21. The molecule has 1 unspecified atom stereocenters. The fourth-order valence-electron chi connectivity index (χ4n) is 5.27. The first-order chi connectivity index (χ1) is 17.6. The standard InChI is InChI=1S/C25H23F7N2O4/c1-12(14-8-15(24(27,28)29)10-16(9-14)25(30,31)32)38-19-11-34-20(35)7-6-18(33-23(36)37)22(34)21(19)13-2-4-17(26)5-3-13/h2-5,8-10,12,18-19,21-22,33H,6-7,11H2,1H3,(H,36,37)/t12-,18?,19+,21-,22+/m1/s1. The number of halogens is 7. The lowest BCUT2D eigenvalue weighted by Crippen LogP contribution is -2.56. The molecule has 2 fully saturated rings. The van der Waals surface area contributed by atoms with Gasteiger partial charge in [0, 0.05) is 18.9 Å². The van der Waals surface area contributed by atoms with Crippen molar-refractivity contribution in [1.29, 1.82) is 0 Å². The molecule has 0 aromatic heterocycles. The summed E-state index contributed by atoms with van der Waals surface area (Å²) in [5, 5.41) is 11.7. The van der Waals surface area contributed by atoms with Gasteiger partial charge in [0.1, 0.15) is 5.82 Å². The van der Waals surface area contributed by atoms with E-state index >= 15 is 0 Å². The summed E-state index contributed by atoms with van der Waals surface area (Å²) in [5.74, 6) is -1.60. The van der Waals surface area contributed by atoms with Gasteiger partial charge in [-0.05, 0) is 54.8 Å². The van der Waals surface area contributed by atoms with Crippen LogP contribution < -0.4 is 5.32 Å². The SMILES string of the molecule is C[C@@H](O[C@H]1CN2C(=O)CCC(NC(=O)O)[C@H]2[C@@H]1c1ccc(F)cc1)c1cc(C(F)(F)F)cc(C(F)(F)F)c1. The molecule has 2 aromatic rings. The number of carboxylic acid groups (broad SMARTS) is 1. The highest BCUT2D eigenvalue weighted by atomic mass is 19.4. The lowest BCUT2D eigenvalue weighted by atomic mass is 9.83. The first-order valence-electron chi connectivity index (χ1n) is 11.6. The van der Waals surface area contributed by atoms with Crippen LogP contribution in [0.4, 0.5) is 35.5 Å². The van der Waals surface area contributed by atoms with Crippen LogP contribution in [0.25, 0.3) is 0 Å². The number of ether oxygens (including phenoxy) is 1. The zero-order chi connectivity index (χ0) is 28.0. The second-order valence-electron chi connectivity index (χ2n) is 9.36. The smallest absolute Gasteiger partial charge is 0.416 e. The zero-order valence-electron chi connectivity index (χ0n) is 19.8. The molecule has 0 bridgehead atoms. The highest BCUT2D eigenvalue weighted by Crippen LogP contribution is 2.44. The second-order valence-corrected chi connectivity index (χ2v) is 9.36. The molecule has 2 heterocycles. The number of rotatable bonds is 5. The van der Waals surface area contributed by atoms with Gasteiger partial charge in [0.25, 0.3) is 0 Å². The van der Waals surface area contributed by atoms with Crippen LogP contribution >= 0.6 is 0 Å².